The first-order chi connectivity index (χ1) is 7.47. The van der Waals surface area contributed by atoms with Gasteiger partial charge in [-0.15, -0.1) is 0 Å². The highest BCUT2D eigenvalue weighted by Crippen LogP contribution is 2.37. The fourth-order valence-corrected chi connectivity index (χ4v) is 3.42. The average Bonchev–Trinajstić information content (AvgIpc) is 2.46. The Balaban J connectivity index is 2.61. The molecule has 1 aliphatic rings. The van der Waals surface area contributed by atoms with Gasteiger partial charge in [0.15, 0.2) is 0 Å². The molecule has 1 heterocycles. The number of nitrogens with zero attached hydrogens (tertiary/aromatic N) is 1. The summed E-state index contributed by atoms with van der Waals surface area (Å²) in [4.78, 5) is 23.8. The van der Waals surface area contributed by atoms with Gasteiger partial charge in [0.1, 0.15) is 7.28 Å². The van der Waals surface area contributed by atoms with Crippen LogP contribution in [0.3, 0.4) is 0 Å². The molecule has 1 saturated heterocycles. The van der Waals surface area contributed by atoms with Gasteiger partial charge in [0, 0.05) is 12.3 Å². The van der Waals surface area contributed by atoms with Crippen LogP contribution in [0.2, 0.25) is 13.1 Å². The normalized spacial score (nSPS) is 23.8. The molecular weight excluding hydrogens is 220 g/mol. The van der Waals surface area contributed by atoms with Crippen LogP contribution in [-0.4, -0.2) is 29.4 Å². The second-order valence-corrected chi connectivity index (χ2v) is 6.63. The van der Waals surface area contributed by atoms with Crippen molar-refractivity contribution in [3.05, 3.63) is 0 Å². The van der Waals surface area contributed by atoms with Gasteiger partial charge in [-0.05, 0) is 20.3 Å². The van der Waals surface area contributed by atoms with E-state index in [2.05, 4.69) is 13.7 Å². The molecule has 1 aliphatic heterocycles. The maximum Gasteiger partial charge on any atom is 0.236 e. The topological polar surface area (TPSA) is 37.4 Å². The summed E-state index contributed by atoms with van der Waals surface area (Å²) in [5.74, 6) is 0.285. The molecule has 0 aliphatic carbocycles. The predicted octanol–water partition coefficient (Wildman–Crippen LogP) is 1.90. The van der Waals surface area contributed by atoms with Gasteiger partial charge in [0.2, 0.25) is 11.8 Å². The second-order valence-electron chi connectivity index (χ2n) is 4.94. The van der Waals surface area contributed by atoms with E-state index in [1.807, 2.05) is 13.8 Å². The highest BCUT2D eigenvalue weighted by molar-refractivity contribution is 7.38. The summed E-state index contributed by atoms with van der Waals surface area (Å²) in [6.45, 7) is 8.27. The van der Waals surface area contributed by atoms with Gasteiger partial charge in [0.25, 0.3) is 0 Å². The fourth-order valence-electron chi connectivity index (χ4n) is 2.03. The molecule has 0 spiro atoms. The van der Waals surface area contributed by atoms with Crippen molar-refractivity contribution in [3.63, 3.8) is 0 Å². The first-order valence-corrected chi connectivity index (χ1v) is 7.12. The van der Waals surface area contributed by atoms with E-state index < -0.39 is 0 Å². The first-order valence-electron chi connectivity index (χ1n) is 6.10. The van der Waals surface area contributed by atoms with Gasteiger partial charge in [-0.25, -0.2) is 0 Å². The lowest BCUT2D eigenvalue weighted by Gasteiger charge is -2.19. The zero-order valence-corrected chi connectivity index (χ0v) is 11.6. The van der Waals surface area contributed by atoms with Crippen LogP contribution in [0.5, 0.6) is 0 Å². The standard InChI is InChI=1S/C11H21BNO2P/c1-7(2)9-5-10(14)13(11(9)15)16-8(3)6-12-4/h7-9,12,16H,5-6H2,1-4H3. The van der Waals surface area contributed by atoms with Crippen LogP contribution < -0.4 is 0 Å². The predicted molar refractivity (Wildman–Crippen MR) is 70.4 cm³/mol. The number of carbonyl (C=O) groups excluding carboxylic acids is 2. The lowest BCUT2D eigenvalue weighted by Crippen LogP contribution is -2.26. The van der Waals surface area contributed by atoms with Gasteiger partial charge >= 0.3 is 0 Å². The molecule has 5 heteroatoms. The molecule has 3 atom stereocenters. The third-order valence-electron chi connectivity index (χ3n) is 3.06. The fraction of sp³-hybridized carbons (Fsp3) is 0.818. The van der Waals surface area contributed by atoms with Gasteiger partial charge in [0.05, 0.1) is 0 Å². The molecule has 0 aromatic carbocycles. The van der Waals surface area contributed by atoms with E-state index in [-0.39, 0.29) is 23.7 Å². The van der Waals surface area contributed by atoms with Crippen LogP contribution in [0.25, 0.3) is 0 Å². The number of amides is 2. The zero-order chi connectivity index (χ0) is 12.3. The van der Waals surface area contributed by atoms with Crippen molar-refractivity contribution >= 4 is 27.8 Å². The van der Waals surface area contributed by atoms with E-state index in [1.165, 1.54) is 4.67 Å². The van der Waals surface area contributed by atoms with Crippen LogP contribution in [0.1, 0.15) is 27.2 Å². The summed E-state index contributed by atoms with van der Waals surface area (Å²) in [6.07, 6.45) is 1.50. The Morgan fingerprint density at radius 1 is 1.44 bits per heavy atom. The van der Waals surface area contributed by atoms with Gasteiger partial charge in [-0.3, -0.25) is 14.3 Å². The Kier molecular flexibility index (Phi) is 4.98. The van der Waals surface area contributed by atoms with Gasteiger partial charge < -0.3 is 0 Å². The molecule has 1 fully saturated rings. The van der Waals surface area contributed by atoms with Crippen LogP contribution in [-0.2, 0) is 9.59 Å². The minimum Gasteiger partial charge on any atom is -0.274 e. The second kappa shape index (κ2) is 5.81. The summed E-state index contributed by atoms with van der Waals surface area (Å²) < 4.78 is 1.50. The molecular formula is C11H21BNO2P. The molecule has 2 amide bonds. The Labute approximate surface area is 100 Å². The number of hydrogen-bond donors (Lipinski definition) is 0. The highest BCUT2D eigenvalue weighted by Gasteiger charge is 2.40. The van der Waals surface area contributed by atoms with Crippen molar-refractivity contribution in [1.29, 1.82) is 0 Å². The largest absolute Gasteiger partial charge is 0.274 e. The molecule has 16 heavy (non-hydrogen) atoms. The first kappa shape index (κ1) is 13.7. The van der Waals surface area contributed by atoms with Crippen molar-refractivity contribution < 1.29 is 9.59 Å². The molecule has 3 unspecified atom stereocenters. The van der Waals surface area contributed by atoms with Crippen LogP contribution in [0, 0.1) is 11.8 Å². The summed E-state index contributed by atoms with van der Waals surface area (Å²) in [5.41, 5.74) is 0.448. The van der Waals surface area contributed by atoms with E-state index in [9.17, 15) is 9.59 Å². The summed E-state index contributed by atoms with van der Waals surface area (Å²) in [5, 5.41) is 0. The highest BCUT2D eigenvalue weighted by atomic mass is 31.1. The minimum atomic E-state index is -0.0752. The summed E-state index contributed by atoms with van der Waals surface area (Å²) in [6, 6.07) is 0. The monoisotopic (exact) mass is 241 g/mol. The molecule has 0 aromatic heterocycles. The average molecular weight is 241 g/mol. The maximum atomic E-state index is 12.0. The van der Waals surface area contributed by atoms with E-state index in [1.54, 1.807) is 0 Å². The van der Waals surface area contributed by atoms with Crippen LogP contribution in [0.4, 0.5) is 0 Å². The van der Waals surface area contributed by atoms with Crippen molar-refractivity contribution in [2.75, 3.05) is 0 Å². The summed E-state index contributed by atoms with van der Waals surface area (Å²) >= 11 is 0. The molecule has 0 saturated carbocycles. The number of carbonyl (C=O) groups is 2. The van der Waals surface area contributed by atoms with E-state index >= 15 is 0 Å². The number of hydrogen-bond acceptors (Lipinski definition) is 2. The third kappa shape index (κ3) is 3.07. The maximum absolute atomic E-state index is 12.0. The van der Waals surface area contributed by atoms with Gasteiger partial charge in [-0.1, -0.05) is 33.9 Å². The van der Waals surface area contributed by atoms with E-state index in [4.69, 9.17) is 0 Å². The molecule has 3 nitrogen and oxygen atoms in total. The summed E-state index contributed by atoms with van der Waals surface area (Å²) in [7, 11) is 1.45. The van der Waals surface area contributed by atoms with Crippen molar-refractivity contribution in [2.45, 2.75) is 46.0 Å². The van der Waals surface area contributed by atoms with Crippen molar-refractivity contribution in [2.24, 2.45) is 11.8 Å². The van der Waals surface area contributed by atoms with Gasteiger partial charge in [-0.2, -0.15) is 0 Å². The molecule has 0 radical (unpaired) electrons. The SMILES string of the molecule is CBCC(C)PN1C(=O)CC(C(C)C)C1=O. The van der Waals surface area contributed by atoms with E-state index in [0.29, 0.717) is 20.8 Å². The van der Waals surface area contributed by atoms with Crippen LogP contribution in [0.15, 0.2) is 0 Å². The zero-order valence-electron chi connectivity index (χ0n) is 10.6. The molecule has 1 rings (SSSR count). The van der Waals surface area contributed by atoms with Crippen molar-refractivity contribution in [1.82, 2.24) is 4.67 Å². The molecule has 0 N–H and O–H groups in total. The Bertz CT molecular complexity index is 283. The Morgan fingerprint density at radius 2 is 2.06 bits per heavy atom. The number of imide groups is 1. The van der Waals surface area contributed by atoms with Crippen molar-refractivity contribution in [3.8, 4) is 0 Å². The third-order valence-corrected chi connectivity index (χ3v) is 4.51. The molecule has 0 bridgehead atoms. The van der Waals surface area contributed by atoms with E-state index in [0.717, 1.165) is 13.6 Å². The Morgan fingerprint density at radius 3 is 2.50 bits per heavy atom. The molecule has 90 valence electrons. The van der Waals surface area contributed by atoms with Crippen LogP contribution >= 0.6 is 8.73 Å². The minimum absolute atomic E-state index is 0.0324. The lowest BCUT2D eigenvalue weighted by molar-refractivity contribution is -0.133. The quantitative estimate of drug-likeness (QED) is 0.418. The Hall–Kier alpha value is -0.365. The smallest absolute Gasteiger partial charge is 0.236 e. The number of rotatable bonds is 5. The lowest BCUT2D eigenvalue weighted by atomic mass is 9.77. The molecule has 0 aromatic rings.